The fourth-order valence-electron chi connectivity index (χ4n) is 1.49. The first-order valence-electron chi connectivity index (χ1n) is 4.83. The van der Waals surface area contributed by atoms with Crippen LogP contribution in [0.2, 0.25) is 0 Å². The van der Waals surface area contributed by atoms with Gasteiger partial charge in [-0.3, -0.25) is 4.79 Å². The van der Waals surface area contributed by atoms with Gasteiger partial charge in [0.05, 0.1) is 12.2 Å². The molecule has 0 fully saturated rings. The number of benzene rings is 1. The van der Waals surface area contributed by atoms with Crippen LogP contribution in [0.3, 0.4) is 0 Å². The normalized spacial score (nSPS) is 9.80. The molecule has 1 aromatic rings. The van der Waals surface area contributed by atoms with Crippen molar-refractivity contribution in [2.24, 2.45) is 0 Å². The minimum atomic E-state index is -0.346. The minimum absolute atomic E-state index is 0.346. The Hall–Kier alpha value is -1.64. The molecule has 1 aromatic carbocycles. The fourth-order valence-corrected chi connectivity index (χ4v) is 1.49. The molecule has 80 valence electrons. The summed E-state index contributed by atoms with van der Waals surface area (Å²) < 4.78 is 4.88. The lowest BCUT2D eigenvalue weighted by Gasteiger charge is -2.07. The number of ether oxygens (including phenoxy) is 1. The molecule has 0 amide bonds. The van der Waals surface area contributed by atoms with Crippen molar-refractivity contribution in [2.45, 2.75) is 20.8 Å². The van der Waals surface area contributed by atoms with E-state index in [0.29, 0.717) is 17.7 Å². The number of aryl methyl sites for hydroxylation is 2. The van der Waals surface area contributed by atoms with E-state index in [2.05, 4.69) is 0 Å². The largest absolute Gasteiger partial charge is 0.462 e. The van der Waals surface area contributed by atoms with Crippen LogP contribution in [-0.4, -0.2) is 18.9 Å². The highest BCUT2D eigenvalue weighted by Gasteiger charge is 2.10. The molecular formula is C12H14O3. The van der Waals surface area contributed by atoms with Gasteiger partial charge in [0, 0.05) is 5.56 Å². The molecule has 0 spiro atoms. The Morgan fingerprint density at radius 3 is 2.27 bits per heavy atom. The smallest absolute Gasteiger partial charge is 0.338 e. The van der Waals surface area contributed by atoms with Gasteiger partial charge in [0.15, 0.2) is 6.29 Å². The Bertz CT molecular complexity index is 371. The van der Waals surface area contributed by atoms with Crippen LogP contribution in [0, 0.1) is 13.8 Å². The van der Waals surface area contributed by atoms with Gasteiger partial charge in [-0.15, -0.1) is 0 Å². The zero-order valence-electron chi connectivity index (χ0n) is 9.16. The molecule has 0 unspecified atom stereocenters. The lowest BCUT2D eigenvalue weighted by atomic mass is 10.0. The number of hydrogen-bond acceptors (Lipinski definition) is 3. The number of hydrogen-bond donors (Lipinski definition) is 0. The van der Waals surface area contributed by atoms with Crippen molar-refractivity contribution in [1.82, 2.24) is 0 Å². The van der Waals surface area contributed by atoms with E-state index in [1.165, 1.54) is 0 Å². The Morgan fingerprint density at radius 2 is 1.87 bits per heavy atom. The van der Waals surface area contributed by atoms with Crippen LogP contribution in [0.5, 0.6) is 0 Å². The highest BCUT2D eigenvalue weighted by atomic mass is 16.5. The second kappa shape index (κ2) is 4.73. The van der Waals surface area contributed by atoms with E-state index in [4.69, 9.17) is 4.74 Å². The summed E-state index contributed by atoms with van der Waals surface area (Å²) in [5, 5.41) is 0. The maximum Gasteiger partial charge on any atom is 0.338 e. The number of carbonyl (C=O) groups is 2. The summed E-state index contributed by atoms with van der Waals surface area (Å²) in [7, 11) is 0. The second-order valence-electron chi connectivity index (χ2n) is 3.36. The zero-order valence-corrected chi connectivity index (χ0v) is 9.16. The van der Waals surface area contributed by atoms with Crippen LogP contribution in [0.15, 0.2) is 12.1 Å². The maximum absolute atomic E-state index is 11.4. The molecule has 0 heterocycles. The SMILES string of the molecule is CCOC(=O)c1cc(C)c(C=O)c(C)c1. The van der Waals surface area contributed by atoms with Crippen LogP contribution in [-0.2, 0) is 4.74 Å². The average Bonchev–Trinajstić information content (AvgIpc) is 2.17. The van der Waals surface area contributed by atoms with Crippen molar-refractivity contribution in [2.75, 3.05) is 6.61 Å². The van der Waals surface area contributed by atoms with Gasteiger partial charge in [0.1, 0.15) is 0 Å². The summed E-state index contributed by atoms with van der Waals surface area (Å²) in [5.74, 6) is -0.346. The number of carbonyl (C=O) groups excluding carboxylic acids is 2. The summed E-state index contributed by atoms with van der Waals surface area (Å²) in [6.45, 7) is 5.72. The number of rotatable bonds is 3. The molecule has 0 N–H and O–H groups in total. The van der Waals surface area contributed by atoms with Gasteiger partial charge >= 0.3 is 5.97 Å². The summed E-state index contributed by atoms with van der Waals surface area (Å²) in [4.78, 5) is 22.2. The van der Waals surface area contributed by atoms with Gasteiger partial charge in [0.2, 0.25) is 0 Å². The highest BCUT2D eigenvalue weighted by molar-refractivity contribution is 5.92. The molecule has 3 heteroatoms. The van der Waals surface area contributed by atoms with E-state index in [9.17, 15) is 9.59 Å². The van der Waals surface area contributed by atoms with E-state index >= 15 is 0 Å². The summed E-state index contributed by atoms with van der Waals surface area (Å²) >= 11 is 0. The third kappa shape index (κ3) is 2.43. The number of aldehydes is 1. The summed E-state index contributed by atoms with van der Waals surface area (Å²) in [6, 6.07) is 3.35. The monoisotopic (exact) mass is 206 g/mol. The van der Waals surface area contributed by atoms with E-state index < -0.39 is 0 Å². The molecule has 0 saturated heterocycles. The van der Waals surface area contributed by atoms with Gasteiger partial charge in [-0.05, 0) is 44.0 Å². The van der Waals surface area contributed by atoms with Crippen LogP contribution in [0.4, 0.5) is 0 Å². The van der Waals surface area contributed by atoms with Crippen molar-refractivity contribution in [3.8, 4) is 0 Å². The van der Waals surface area contributed by atoms with Gasteiger partial charge in [-0.2, -0.15) is 0 Å². The predicted octanol–water partition coefficient (Wildman–Crippen LogP) is 2.29. The molecule has 0 saturated carbocycles. The van der Waals surface area contributed by atoms with Crippen molar-refractivity contribution in [3.05, 3.63) is 34.4 Å². The van der Waals surface area contributed by atoms with Crippen molar-refractivity contribution in [3.63, 3.8) is 0 Å². The first-order valence-corrected chi connectivity index (χ1v) is 4.83. The molecule has 0 bridgehead atoms. The lowest BCUT2D eigenvalue weighted by molar-refractivity contribution is 0.0526. The third-order valence-electron chi connectivity index (χ3n) is 2.22. The van der Waals surface area contributed by atoms with E-state index in [1.54, 1.807) is 32.9 Å². The van der Waals surface area contributed by atoms with Crippen molar-refractivity contribution >= 4 is 12.3 Å². The molecule has 15 heavy (non-hydrogen) atoms. The topological polar surface area (TPSA) is 43.4 Å². The molecular weight excluding hydrogens is 192 g/mol. The Labute approximate surface area is 89.1 Å². The van der Waals surface area contributed by atoms with E-state index in [1.807, 2.05) is 0 Å². The van der Waals surface area contributed by atoms with Crippen molar-refractivity contribution < 1.29 is 14.3 Å². The summed E-state index contributed by atoms with van der Waals surface area (Å²) in [5.41, 5.74) is 2.74. The molecule has 1 rings (SSSR count). The Balaban J connectivity index is 3.13. The van der Waals surface area contributed by atoms with E-state index in [-0.39, 0.29) is 5.97 Å². The minimum Gasteiger partial charge on any atom is -0.462 e. The van der Waals surface area contributed by atoms with Gasteiger partial charge in [-0.25, -0.2) is 4.79 Å². The first kappa shape index (κ1) is 11.4. The van der Waals surface area contributed by atoms with Crippen LogP contribution >= 0.6 is 0 Å². The van der Waals surface area contributed by atoms with Crippen LogP contribution in [0.25, 0.3) is 0 Å². The van der Waals surface area contributed by atoms with Crippen LogP contribution < -0.4 is 0 Å². The number of esters is 1. The lowest BCUT2D eigenvalue weighted by Crippen LogP contribution is -2.06. The molecule has 0 atom stereocenters. The van der Waals surface area contributed by atoms with Gasteiger partial charge in [0.25, 0.3) is 0 Å². The maximum atomic E-state index is 11.4. The van der Waals surface area contributed by atoms with Gasteiger partial charge < -0.3 is 4.74 Å². The molecule has 3 nitrogen and oxygen atoms in total. The molecule has 0 aromatic heterocycles. The quantitative estimate of drug-likeness (QED) is 0.563. The molecule has 0 aliphatic carbocycles. The fraction of sp³-hybridized carbons (Fsp3) is 0.333. The molecule has 0 aliphatic heterocycles. The average molecular weight is 206 g/mol. The van der Waals surface area contributed by atoms with Crippen molar-refractivity contribution in [1.29, 1.82) is 0 Å². The molecule has 0 radical (unpaired) electrons. The Kier molecular flexibility index (Phi) is 3.61. The third-order valence-corrected chi connectivity index (χ3v) is 2.22. The molecule has 0 aliphatic rings. The predicted molar refractivity (Wildman–Crippen MR) is 57.3 cm³/mol. The van der Waals surface area contributed by atoms with Gasteiger partial charge in [-0.1, -0.05) is 0 Å². The first-order chi connectivity index (χ1) is 7.10. The van der Waals surface area contributed by atoms with E-state index in [0.717, 1.165) is 17.4 Å². The summed E-state index contributed by atoms with van der Waals surface area (Å²) in [6.07, 6.45) is 0.805. The second-order valence-corrected chi connectivity index (χ2v) is 3.36. The standard InChI is InChI=1S/C12H14O3/c1-4-15-12(14)10-5-8(2)11(7-13)9(3)6-10/h5-7H,4H2,1-3H3. The zero-order chi connectivity index (χ0) is 11.4. The Morgan fingerprint density at radius 1 is 1.33 bits per heavy atom. The highest BCUT2D eigenvalue weighted by Crippen LogP contribution is 2.15. The van der Waals surface area contributed by atoms with Crippen LogP contribution in [0.1, 0.15) is 38.8 Å².